The zero-order valence-corrected chi connectivity index (χ0v) is 12.4. The van der Waals surface area contributed by atoms with Crippen LogP contribution in [0.4, 0.5) is 0 Å². The van der Waals surface area contributed by atoms with Crippen LogP contribution in [0.2, 0.25) is 0 Å². The number of methoxy groups -OCH3 is 1. The van der Waals surface area contributed by atoms with E-state index in [0.717, 1.165) is 32.1 Å². The molecule has 0 bridgehead atoms. The minimum Gasteiger partial charge on any atom is -0.468 e. The van der Waals surface area contributed by atoms with Crippen LogP contribution in [0.5, 0.6) is 0 Å². The second-order valence-electron chi connectivity index (χ2n) is 5.12. The molecular formula is C17H24O3. The smallest absolute Gasteiger partial charge is 0.316 e. The summed E-state index contributed by atoms with van der Waals surface area (Å²) in [5.74, 6) is -1.07. The fourth-order valence-electron chi connectivity index (χ4n) is 2.31. The summed E-state index contributed by atoms with van der Waals surface area (Å²) in [5, 5.41) is 0. The van der Waals surface area contributed by atoms with Crippen LogP contribution in [0.3, 0.4) is 0 Å². The summed E-state index contributed by atoms with van der Waals surface area (Å²) in [6, 6.07) is 10.4. The van der Waals surface area contributed by atoms with Gasteiger partial charge < -0.3 is 4.74 Å². The van der Waals surface area contributed by atoms with Crippen LogP contribution in [0, 0.1) is 5.92 Å². The van der Waals surface area contributed by atoms with Gasteiger partial charge in [0.2, 0.25) is 0 Å². The molecule has 0 heterocycles. The molecule has 1 unspecified atom stereocenters. The van der Waals surface area contributed by atoms with Gasteiger partial charge in [-0.15, -0.1) is 0 Å². The lowest BCUT2D eigenvalue weighted by Crippen LogP contribution is -2.23. The molecule has 1 aromatic rings. The van der Waals surface area contributed by atoms with E-state index in [0.29, 0.717) is 6.42 Å². The van der Waals surface area contributed by atoms with Crippen molar-refractivity contribution in [1.82, 2.24) is 0 Å². The van der Waals surface area contributed by atoms with E-state index in [1.807, 2.05) is 6.07 Å². The number of ether oxygens (including phenoxy) is 1. The number of benzene rings is 1. The van der Waals surface area contributed by atoms with Crippen molar-refractivity contribution in [3.8, 4) is 0 Å². The summed E-state index contributed by atoms with van der Waals surface area (Å²) in [6.07, 6.45) is 5.91. The van der Waals surface area contributed by atoms with Crippen molar-refractivity contribution < 1.29 is 14.3 Å². The van der Waals surface area contributed by atoms with Gasteiger partial charge in [-0.25, -0.2) is 0 Å². The second kappa shape index (κ2) is 9.29. The Morgan fingerprint density at radius 3 is 2.30 bits per heavy atom. The number of Topliss-reactive ketones (excluding diaryl/α,β-unsaturated/α-hetero) is 1. The fraction of sp³-hybridized carbons (Fsp3) is 0.529. The van der Waals surface area contributed by atoms with Crippen molar-refractivity contribution in [2.75, 3.05) is 7.11 Å². The molecule has 0 N–H and O–H groups in total. The number of aryl methyl sites for hydroxylation is 1. The number of esters is 1. The van der Waals surface area contributed by atoms with Crippen LogP contribution < -0.4 is 0 Å². The van der Waals surface area contributed by atoms with E-state index < -0.39 is 11.9 Å². The fourth-order valence-corrected chi connectivity index (χ4v) is 2.31. The number of unbranched alkanes of at least 4 members (excludes halogenated alkanes) is 3. The maximum Gasteiger partial charge on any atom is 0.316 e. The van der Waals surface area contributed by atoms with Crippen LogP contribution in [0.15, 0.2) is 30.3 Å². The molecule has 20 heavy (non-hydrogen) atoms. The lowest BCUT2D eigenvalue weighted by molar-refractivity contribution is -0.149. The Hall–Kier alpha value is -1.64. The topological polar surface area (TPSA) is 43.4 Å². The monoisotopic (exact) mass is 276 g/mol. The van der Waals surface area contributed by atoms with E-state index in [-0.39, 0.29) is 5.78 Å². The average molecular weight is 276 g/mol. The third kappa shape index (κ3) is 6.00. The Kier molecular flexibility index (Phi) is 7.63. The molecular weight excluding hydrogens is 252 g/mol. The molecule has 0 aliphatic carbocycles. The third-order valence-electron chi connectivity index (χ3n) is 3.53. The van der Waals surface area contributed by atoms with Crippen LogP contribution in [0.1, 0.15) is 44.6 Å². The van der Waals surface area contributed by atoms with E-state index >= 15 is 0 Å². The first-order chi connectivity index (χ1) is 9.65. The standard InChI is InChI=1S/C17H24O3/c1-14(18)16(17(19)20-2)13-9-4-3-6-10-15-11-7-5-8-12-15/h5,7-8,11-12,16H,3-4,6,9-10,13H2,1-2H3. The highest BCUT2D eigenvalue weighted by Crippen LogP contribution is 2.14. The van der Waals surface area contributed by atoms with E-state index in [1.54, 1.807) is 0 Å². The molecule has 1 rings (SSSR count). The maximum atomic E-state index is 11.4. The Labute approximate surface area is 121 Å². The van der Waals surface area contributed by atoms with Crippen molar-refractivity contribution in [2.24, 2.45) is 5.92 Å². The molecule has 3 nitrogen and oxygen atoms in total. The number of ketones is 1. The zero-order chi connectivity index (χ0) is 14.8. The van der Waals surface area contributed by atoms with E-state index in [9.17, 15) is 9.59 Å². The maximum absolute atomic E-state index is 11.4. The normalized spacial score (nSPS) is 11.9. The first kappa shape index (κ1) is 16.4. The van der Waals surface area contributed by atoms with Gasteiger partial charge in [0.15, 0.2) is 0 Å². The predicted molar refractivity (Wildman–Crippen MR) is 79.4 cm³/mol. The van der Waals surface area contributed by atoms with Crippen molar-refractivity contribution in [3.05, 3.63) is 35.9 Å². The lowest BCUT2D eigenvalue weighted by Gasteiger charge is -2.10. The number of carbonyl (C=O) groups is 2. The Morgan fingerprint density at radius 1 is 1.05 bits per heavy atom. The third-order valence-corrected chi connectivity index (χ3v) is 3.53. The van der Waals surface area contributed by atoms with Gasteiger partial charge in [-0.2, -0.15) is 0 Å². The van der Waals surface area contributed by atoms with E-state index in [1.165, 1.54) is 19.6 Å². The van der Waals surface area contributed by atoms with Gasteiger partial charge in [0.05, 0.1) is 7.11 Å². The molecule has 110 valence electrons. The van der Waals surface area contributed by atoms with Gasteiger partial charge in [0.25, 0.3) is 0 Å². The zero-order valence-electron chi connectivity index (χ0n) is 12.4. The number of hydrogen-bond acceptors (Lipinski definition) is 3. The molecule has 0 fully saturated rings. The predicted octanol–water partition coefficient (Wildman–Crippen LogP) is 3.56. The molecule has 0 aliphatic rings. The number of carbonyl (C=O) groups excluding carboxylic acids is 2. The van der Waals surface area contributed by atoms with Gasteiger partial charge in [0, 0.05) is 0 Å². The van der Waals surface area contributed by atoms with Gasteiger partial charge in [0.1, 0.15) is 11.7 Å². The highest BCUT2D eigenvalue weighted by atomic mass is 16.5. The van der Waals surface area contributed by atoms with Crippen LogP contribution in [-0.4, -0.2) is 18.9 Å². The minimum absolute atomic E-state index is 0.0962. The lowest BCUT2D eigenvalue weighted by atomic mass is 9.97. The van der Waals surface area contributed by atoms with Crippen molar-refractivity contribution >= 4 is 11.8 Å². The average Bonchev–Trinajstić information content (AvgIpc) is 2.46. The van der Waals surface area contributed by atoms with Crippen molar-refractivity contribution in [3.63, 3.8) is 0 Å². The summed E-state index contributed by atoms with van der Waals surface area (Å²) in [7, 11) is 1.33. The number of hydrogen-bond donors (Lipinski definition) is 0. The Morgan fingerprint density at radius 2 is 1.70 bits per heavy atom. The first-order valence-corrected chi connectivity index (χ1v) is 7.27. The Bertz CT molecular complexity index is 412. The summed E-state index contributed by atoms with van der Waals surface area (Å²) >= 11 is 0. The quantitative estimate of drug-likeness (QED) is 0.393. The molecule has 0 amide bonds. The molecule has 0 aromatic heterocycles. The van der Waals surface area contributed by atoms with Crippen molar-refractivity contribution in [2.45, 2.75) is 45.4 Å². The highest BCUT2D eigenvalue weighted by Gasteiger charge is 2.23. The van der Waals surface area contributed by atoms with Crippen LogP contribution >= 0.6 is 0 Å². The SMILES string of the molecule is COC(=O)C(CCCCCCc1ccccc1)C(C)=O. The highest BCUT2D eigenvalue weighted by molar-refractivity contribution is 5.97. The summed E-state index contributed by atoms with van der Waals surface area (Å²) in [4.78, 5) is 22.8. The summed E-state index contributed by atoms with van der Waals surface area (Å²) < 4.78 is 4.65. The summed E-state index contributed by atoms with van der Waals surface area (Å²) in [5.41, 5.74) is 1.36. The molecule has 0 spiro atoms. The van der Waals surface area contributed by atoms with E-state index in [2.05, 4.69) is 29.0 Å². The molecule has 0 radical (unpaired) electrons. The number of rotatable bonds is 9. The molecule has 0 aliphatic heterocycles. The molecule has 0 saturated carbocycles. The molecule has 1 aromatic carbocycles. The Balaban J connectivity index is 2.15. The largest absolute Gasteiger partial charge is 0.468 e. The van der Waals surface area contributed by atoms with Crippen LogP contribution in [-0.2, 0) is 20.7 Å². The van der Waals surface area contributed by atoms with Gasteiger partial charge in [-0.1, -0.05) is 49.6 Å². The van der Waals surface area contributed by atoms with Crippen molar-refractivity contribution in [1.29, 1.82) is 0 Å². The summed E-state index contributed by atoms with van der Waals surface area (Å²) in [6.45, 7) is 1.46. The van der Waals surface area contributed by atoms with Gasteiger partial charge in [-0.3, -0.25) is 9.59 Å². The van der Waals surface area contributed by atoms with Gasteiger partial charge in [-0.05, 0) is 31.7 Å². The van der Waals surface area contributed by atoms with Crippen LogP contribution in [0.25, 0.3) is 0 Å². The first-order valence-electron chi connectivity index (χ1n) is 7.27. The molecule has 1 atom stereocenters. The van der Waals surface area contributed by atoms with Gasteiger partial charge >= 0.3 is 5.97 Å². The second-order valence-corrected chi connectivity index (χ2v) is 5.12. The van der Waals surface area contributed by atoms with E-state index in [4.69, 9.17) is 0 Å². The molecule has 3 heteroatoms. The molecule has 0 saturated heterocycles. The minimum atomic E-state index is -0.575.